The molecule has 3 atom stereocenters. The Kier molecular flexibility index (Phi) is 8.95. The molecule has 0 saturated carbocycles. The fourth-order valence-corrected chi connectivity index (χ4v) is 5.93. The highest BCUT2D eigenvalue weighted by Crippen LogP contribution is 2.40. The number of urea groups is 1. The fourth-order valence-electron chi connectivity index (χ4n) is 5.93. The van der Waals surface area contributed by atoms with Crippen molar-refractivity contribution in [3.05, 3.63) is 70.0 Å². The number of likely N-dealkylation sites (tertiary alicyclic amines) is 1. The fraction of sp³-hybridized carbons (Fsp3) is 0.500. The number of carbonyl (C=O) groups is 2. The Labute approximate surface area is 237 Å². The Hall–Kier alpha value is -3.55. The zero-order chi connectivity index (χ0) is 31.0. The van der Waals surface area contributed by atoms with Crippen molar-refractivity contribution < 1.29 is 45.4 Å². The first kappa shape index (κ1) is 31.4. The maximum Gasteiger partial charge on any atom is 0.416 e. The number of rotatable bonds is 4. The van der Waals surface area contributed by atoms with E-state index < -0.39 is 54.0 Å². The van der Waals surface area contributed by atoms with Crippen molar-refractivity contribution >= 4 is 12.1 Å². The maximum atomic E-state index is 14.0. The van der Waals surface area contributed by atoms with Gasteiger partial charge in [0.2, 0.25) is 0 Å². The Balaban J connectivity index is 1.63. The van der Waals surface area contributed by atoms with E-state index in [1.54, 1.807) is 6.92 Å². The van der Waals surface area contributed by atoms with Gasteiger partial charge in [0.05, 0.1) is 23.2 Å². The van der Waals surface area contributed by atoms with E-state index in [1.165, 1.54) is 35.0 Å². The van der Waals surface area contributed by atoms with Gasteiger partial charge < -0.3 is 25.1 Å². The Morgan fingerprint density at radius 1 is 1.00 bits per heavy atom. The molecule has 2 aromatic rings. The predicted molar refractivity (Wildman–Crippen MR) is 138 cm³/mol. The third kappa shape index (κ3) is 6.90. The molecule has 2 aliphatic heterocycles. The van der Waals surface area contributed by atoms with Gasteiger partial charge in [0.1, 0.15) is 5.82 Å². The van der Waals surface area contributed by atoms with E-state index in [2.05, 4.69) is 5.32 Å². The van der Waals surface area contributed by atoms with Crippen molar-refractivity contribution in [2.45, 2.75) is 50.7 Å². The average molecular weight is 605 g/mol. The molecule has 2 N–H and O–H groups in total. The highest BCUT2D eigenvalue weighted by molar-refractivity contribution is 5.75. The first-order chi connectivity index (χ1) is 19.6. The number of nitrogens with zero attached hydrogens (tertiary/aromatic N) is 3. The summed E-state index contributed by atoms with van der Waals surface area (Å²) in [6.45, 7) is 2.49. The van der Waals surface area contributed by atoms with Gasteiger partial charge in [0, 0.05) is 39.8 Å². The molecule has 2 aromatic carbocycles. The number of hydrogen-bond donors (Lipinski definition) is 2. The van der Waals surface area contributed by atoms with Crippen molar-refractivity contribution in [3.8, 4) is 0 Å². The minimum atomic E-state index is -5.02. The van der Waals surface area contributed by atoms with Crippen LogP contribution in [0.4, 0.5) is 40.3 Å². The summed E-state index contributed by atoms with van der Waals surface area (Å²) >= 11 is 0. The second-order valence-corrected chi connectivity index (χ2v) is 10.8. The number of piperazine rings is 1. The molecule has 0 aromatic heterocycles. The van der Waals surface area contributed by atoms with Crippen molar-refractivity contribution in [2.24, 2.45) is 5.92 Å². The maximum absolute atomic E-state index is 14.0. The summed E-state index contributed by atoms with van der Waals surface area (Å²) < 4.78 is 94.2. The average Bonchev–Trinajstić information content (AvgIpc) is 2.91. The van der Waals surface area contributed by atoms with E-state index in [-0.39, 0.29) is 30.1 Å². The molecule has 0 aliphatic carbocycles. The smallest absolute Gasteiger partial charge is 0.416 e. The van der Waals surface area contributed by atoms with Crippen LogP contribution in [0.3, 0.4) is 0 Å². The van der Waals surface area contributed by atoms with Crippen LogP contribution < -0.4 is 5.32 Å². The molecule has 14 heteroatoms. The lowest BCUT2D eigenvalue weighted by molar-refractivity contribution is -0.143. The van der Waals surface area contributed by atoms with E-state index in [1.807, 2.05) is 0 Å². The minimum absolute atomic E-state index is 0.0317. The Morgan fingerprint density at radius 3 is 2.21 bits per heavy atom. The molecular formula is C28H31F7N4O3. The van der Waals surface area contributed by atoms with Crippen LogP contribution in [0.15, 0.2) is 36.4 Å². The van der Waals surface area contributed by atoms with Gasteiger partial charge in [-0.15, -0.1) is 0 Å². The van der Waals surface area contributed by atoms with Crippen LogP contribution in [-0.2, 0) is 18.9 Å². The normalized spacial score (nSPS) is 21.8. The van der Waals surface area contributed by atoms with E-state index in [4.69, 9.17) is 0 Å². The number of aryl methyl sites for hydroxylation is 1. The predicted octanol–water partition coefficient (Wildman–Crippen LogP) is 6.13. The highest BCUT2D eigenvalue weighted by Gasteiger charge is 2.42. The molecule has 230 valence electrons. The second kappa shape index (κ2) is 12.0. The zero-order valence-corrected chi connectivity index (χ0v) is 22.9. The van der Waals surface area contributed by atoms with Crippen molar-refractivity contribution in [2.75, 3.05) is 33.2 Å². The first-order valence-electron chi connectivity index (χ1n) is 13.3. The van der Waals surface area contributed by atoms with Gasteiger partial charge in [-0.1, -0.05) is 6.07 Å². The number of carbonyl (C=O) groups excluding carboxylic acids is 1. The molecule has 2 unspecified atom stereocenters. The van der Waals surface area contributed by atoms with Gasteiger partial charge in [-0.2, -0.15) is 26.3 Å². The van der Waals surface area contributed by atoms with Crippen LogP contribution in [0.25, 0.3) is 0 Å². The van der Waals surface area contributed by atoms with Gasteiger partial charge in [0.25, 0.3) is 0 Å². The number of benzene rings is 2. The number of alkyl halides is 6. The molecule has 42 heavy (non-hydrogen) atoms. The number of halogens is 7. The van der Waals surface area contributed by atoms with Crippen LogP contribution >= 0.6 is 0 Å². The standard InChI is InChI=1S/C28H31F7N4O3/c1-16-9-21(29)3-4-22(16)23-12-18(24-14-36-6-8-39(24)26(41)42)5-7-38(23)25(40)37(2)15-17-10-19(27(30,31)32)13-20(11-17)28(33,34)35/h3-4,9-11,13,18,23-24,36H,5-8,12,14-15H2,1-2H3,(H,41,42)/t18?,23-,24?/m1/s1. The van der Waals surface area contributed by atoms with Crippen molar-refractivity contribution in [3.63, 3.8) is 0 Å². The van der Waals surface area contributed by atoms with E-state index in [0.717, 1.165) is 4.90 Å². The quantitative estimate of drug-likeness (QED) is 0.412. The van der Waals surface area contributed by atoms with Gasteiger partial charge >= 0.3 is 24.5 Å². The summed E-state index contributed by atoms with van der Waals surface area (Å²) in [6.07, 6.45) is -10.4. The molecule has 2 aliphatic rings. The summed E-state index contributed by atoms with van der Waals surface area (Å²) in [4.78, 5) is 29.5. The first-order valence-corrected chi connectivity index (χ1v) is 13.3. The van der Waals surface area contributed by atoms with Crippen LogP contribution in [0, 0.1) is 18.7 Å². The number of amides is 3. The lowest BCUT2D eigenvalue weighted by Gasteiger charge is -2.47. The molecule has 2 saturated heterocycles. The van der Waals surface area contributed by atoms with Gasteiger partial charge in [0.15, 0.2) is 0 Å². The molecule has 4 rings (SSSR count). The third-order valence-electron chi connectivity index (χ3n) is 7.95. The topological polar surface area (TPSA) is 76.1 Å². The molecule has 3 amide bonds. The van der Waals surface area contributed by atoms with E-state index >= 15 is 0 Å². The highest BCUT2D eigenvalue weighted by atomic mass is 19.4. The lowest BCUT2D eigenvalue weighted by Crippen LogP contribution is -2.58. The van der Waals surface area contributed by atoms with E-state index in [0.29, 0.717) is 55.7 Å². The summed E-state index contributed by atoms with van der Waals surface area (Å²) in [7, 11) is 1.29. The molecule has 7 nitrogen and oxygen atoms in total. The minimum Gasteiger partial charge on any atom is -0.465 e. The van der Waals surface area contributed by atoms with Gasteiger partial charge in [-0.3, -0.25) is 0 Å². The zero-order valence-electron chi connectivity index (χ0n) is 22.9. The summed E-state index contributed by atoms with van der Waals surface area (Å²) in [5.74, 6) is -0.660. The number of carboxylic acid groups (broad SMARTS) is 1. The summed E-state index contributed by atoms with van der Waals surface area (Å²) in [5, 5.41) is 12.9. The molecule has 2 fully saturated rings. The van der Waals surface area contributed by atoms with Crippen LogP contribution in [0.5, 0.6) is 0 Å². The van der Waals surface area contributed by atoms with E-state index in [9.17, 15) is 45.4 Å². The third-order valence-corrected chi connectivity index (χ3v) is 7.95. The van der Waals surface area contributed by atoms with Gasteiger partial charge in [-0.05, 0) is 72.7 Å². The molecule has 0 spiro atoms. The van der Waals surface area contributed by atoms with Gasteiger partial charge in [-0.25, -0.2) is 14.0 Å². The molecule has 0 radical (unpaired) electrons. The Morgan fingerprint density at radius 2 is 1.64 bits per heavy atom. The lowest BCUT2D eigenvalue weighted by atomic mass is 9.80. The molecular weight excluding hydrogens is 573 g/mol. The van der Waals surface area contributed by atoms with Crippen LogP contribution in [0.1, 0.15) is 46.7 Å². The number of hydrogen-bond acceptors (Lipinski definition) is 3. The monoisotopic (exact) mass is 604 g/mol. The Bertz CT molecular complexity index is 1290. The second-order valence-electron chi connectivity index (χ2n) is 10.8. The molecule has 0 bridgehead atoms. The number of piperidine rings is 1. The molecule has 2 heterocycles. The summed E-state index contributed by atoms with van der Waals surface area (Å²) in [6, 6.07) is 3.64. The van der Waals surface area contributed by atoms with Crippen molar-refractivity contribution in [1.82, 2.24) is 20.0 Å². The van der Waals surface area contributed by atoms with Crippen LogP contribution in [-0.4, -0.2) is 71.2 Å². The summed E-state index contributed by atoms with van der Waals surface area (Å²) in [5.41, 5.74) is -2.13. The van der Waals surface area contributed by atoms with Crippen molar-refractivity contribution in [1.29, 1.82) is 0 Å². The van der Waals surface area contributed by atoms with Crippen LogP contribution in [0.2, 0.25) is 0 Å². The largest absolute Gasteiger partial charge is 0.465 e. The number of nitrogens with one attached hydrogen (secondary N) is 1. The SMILES string of the molecule is Cc1cc(F)ccc1[C@H]1CC(C2CNCCN2C(=O)O)CCN1C(=O)N(C)Cc1cc(C(F)(F)F)cc(C(F)(F)F)c1.